The van der Waals surface area contributed by atoms with Crippen LogP contribution in [0.5, 0.6) is 0 Å². The van der Waals surface area contributed by atoms with Crippen LogP contribution in [0.4, 0.5) is 0 Å². The zero-order valence-corrected chi connectivity index (χ0v) is 6.77. The van der Waals surface area contributed by atoms with Gasteiger partial charge in [-0.1, -0.05) is 6.08 Å². The summed E-state index contributed by atoms with van der Waals surface area (Å²) >= 11 is 1.89. The molecule has 2 N–H and O–H groups in total. The van der Waals surface area contributed by atoms with Gasteiger partial charge >= 0.3 is 0 Å². The first-order valence-electron chi connectivity index (χ1n) is 3.42. The van der Waals surface area contributed by atoms with Crippen molar-refractivity contribution in [2.75, 3.05) is 18.1 Å². The van der Waals surface area contributed by atoms with Gasteiger partial charge in [0.25, 0.3) is 0 Å². The third-order valence-corrected chi connectivity index (χ3v) is 2.56. The predicted molar refractivity (Wildman–Crippen MR) is 45.2 cm³/mol. The maximum atomic E-state index is 5.69. The number of thioether (sulfide) groups is 1. The van der Waals surface area contributed by atoms with Gasteiger partial charge in [0.1, 0.15) is 0 Å². The molecule has 0 saturated carbocycles. The van der Waals surface area contributed by atoms with Gasteiger partial charge in [0.05, 0.1) is 12.7 Å². The van der Waals surface area contributed by atoms with Gasteiger partial charge in [0.2, 0.25) is 0 Å². The molecule has 0 aliphatic carbocycles. The van der Waals surface area contributed by atoms with Gasteiger partial charge in [0, 0.05) is 17.5 Å². The summed E-state index contributed by atoms with van der Waals surface area (Å²) in [5, 5.41) is 0. The third-order valence-electron chi connectivity index (χ3n) is 1.54. The minimum Gasteiger partial charge on any atom is -0.375 e. The number of nitrogens with two attached hydrogens (primary N) is 1. The van der Waals surface area contributed by atoms with Crippen molar-refractivity contribution in [3.05, 3.63) is 12.7 Å². The molecule has 2 atom stereocenters. The number of hydrogen-bond acceptors (Lipinski definition) is 3. The Hall–Kier alpha value is 0.01000. The van der Waals surface area contributed by atoms with Gasteiger partial charge in [-0.15, -0.1) is 6.58 Å². The van der Waals surface area contributed by atoms with Crippen LogP contribution in [0, 0.1) is 0 Å². The zero-order chi connectivity index (χ0) is 7.40. The van der Waals surface area contributed by atoms with Gasteiger partial charge in [-0.3, -0.25) is 0 Å². The van der Waals surface area contributed by atoms with Crippen LogP contribution in [0.15, 0.2) is 12.7 Å². The maximum Gasteiger partial charge on any atom is 0.0852 e. The standard InChI is InChI=1S/C7H13NOS/c1-2-6(8)7-5-10-4-3-9-7/h2,6-7H,1,3-5,8H2. The molecule has 1 saturated heterocycles. The lowest BCUT2D eigenvalue weighted by molar-refractivity contribution is 0.0673. The minimum absolute atomic E-state index is 0.00722. The highest BCUT2D eigenvalue weighted by molar-refractivity contribution is 7.99. The van der Waals surface area contributed by atoms with Crippen LogP contribution < -0.4 is 5.73 Å². The molecule has 3 heteroatoms. The molecule has 1 heterocycles. The molecule has 10 heavy (non-hydrogen) atoms. The normalized spacial score (nSPS) is 29.5. The highest BCUT2D eigenvalue weighted by Gasteiger charge is 2.18. The van der Waals surface area contributed by atoms with Gasteiger partial charge in [-0.25, -0.2) is 0 Å². The minimum atomic E-state index is 0.00722. The fourth-order valence-corrected chi connectivity index (χ4v) is 1.81. The summed E-state index contributed by atoms with van der Waals surface area (Å²) < 4.78 is 5.41. The average molecular weight is 159 g/mol. The molecule has 1 aliphatic heterocycles. The highest BCUT2D eigenvalue weighted by atomic mass is 32.2. The van der Waals surface area contributed by atoms with Crippen LogP contribution in [0.3, 0.4) is 0 Å². The number of ether oxygens (including phenoxy) is 1. The molecule has 0 aromatic rings. The molecule has 58 valence electrons. The Morgan fingerprint density at radius 1 is 1.80 bits per heavy atom. The van der Waals surface area contributed by atoms with Crippen molar-refractivity contribution in [2.45, 2.75) is 12.1 Å². The summed E-state index contributed by atoms with van der Waals surface area (Å²) in [4.78, 5) is 0. The molecule has 0 aromatic carbocycles. The highest BCUT2D eigenvalue weighted by Crippen LogP contribution is 2.14. The molecular formula is C7H13NOS. The molecule has 1 aliphatic rings. The van der Waals surface area contributed by atoms with Crippen LogP contribution in [-0.2, 0) is 4.74 Å². The Labute approximate surface area is 65.8 Å². The van der Waals surface area contributed by atoms with Crippen molar-refractivity contribution in [1.82, 2.24) is 0 Å². The van der Waals surface area contributed by atoms with Crippen LogP contribution in [-0.4, -0.2) is 30.3 Å². The fraction of sp³-hybridized carbons (Fsp3) is 0.714. The molecule has 0 spiro atoms. The Bertz CT molecular complexity index is 112. The van der Waals surface area contributed by atoms with Crippen molar-refractivity contribution in [3.8, 4) is 0 Å². The average Bonchev–Trinajstić information content (AvgIpc) is 2.05. The van der Waals surface area contributed by atoms with E-state index in [4.69, 9.17) is 10.5 Å². The quantitative estimate of drug-likeness (QED) is 0.600. The van der Waals surface area contributed by atoms with Gasteiger partial charge in [0.15, 0.2) is 0 Å². The van der Waals surface area contributed by atoms with Crippen molar-refractivity contribution < 1.29 is 4.74 Å². The van der Waals surface area contributed by atoms with E-state index in [0.29, 0.717) is 0 Å². The van der Waals surface area contributed by atoms with Gasteiger partial charge < -0.3 is 10.5 Å². The zero-order valence-electron chi connectivity index (χ0n) is 5.95. The van der Waals surface area contributed by atoms with Crippen LogP contribution in [0.2, 0.25) is 0 Å². The third kappa shape index (κ3) is 2.01. The topological polar surface area (TPSA) is 35.2 Å². The van der Waals surface area contributed by atoms with E-state index in [9.17, 15) is 0 Å². The first-order chi connectivity index (χ1) is 4.84. The first kappa shape index (κ1) is 8.11. The largest absolute Gasteiger partial charge is 0.375 e. The van der Waals surface area contributed by atoms with Crippen molar-refractivity contribution in [2.24, 2.45) is 5.73 Å². The van der Waals surface area contributed by atoms with E-state index in [0.717, 1.165) is 18.1 Å². The fourth-order valence-electron chi connectivity index (χ4n) is 0.880. The molecule has 0 bridgehead atoms. The summed E-state index contributed by atoms with van der Waals surface area (Å²) in [5.74, 6) is 2.10. The Balaban J connectivity index is 2.30. The van der Waals surface area contributed by atoms with E-state index in [2.05, 4.69) is 6.58 Å². The summed E-state index contributed by atoms with van der Waals surface area (Å²) in [6.45, 7) is 4.45. The molecule has 0 radical (unpaired) electrons. The van der Waals surface area contributed by atoms with Gasteiger partial charge in [-0.05, 0) is 0 Å². The Kier molecular flexibility index (Phi) is 3.25. The van der Waals surface area contributed by atoms with Crippen molar-refractivity contribution >= 4 is 11.8 Å². The second kappa shape index (κ2) is 4.01. The number of hydrogen-bond donors (Lipinski definition) is 1. The number of rotatable bonds is 2. The van der Waals surface area contributed by atoms with E-state index in [1.165, 1.54) is 0 Å². The molecule has 0 amide bonds. The molecule has 2 nitrogen and oxygen atoms in total. The summed E-state index contributed by atoms with van der Waals surface area (Å²) in [6.07, 6.45) is 1.94. The molecule has 2 unspecified atom stereocenters. The second-order valence-electron chi connectivity index (χ2n) is 2.30. The molecule has 0 aromatic heterocycles. The molecular weight excluding hydrogens is 146 g/mol. The summed E-state index contributed by atoms with van der Waals surface area (Å²) in [7, 11) is 0. The summed E-state index contributed by atoms with van der Waals surface area (Å²) in [5.41, 5.74) is 5.69. The van der Waals surface area contributed by atoms with E-state index < -0.39 is 0 Å². The van der Waals surface area contributed by atoms with Crippen LogP contribution in [0.1, 0.15) is 0 Å². The molecule has 1 fully saturated rings. The van der Waals surface area contributed by atoms with Crippen molar-refractivity contribution in [3.63, 3.8) is 0 Å². The monoisotopic (exact) mass is 159 g/mol. The van der Waals surface area contributed by atoms with E-state index in [-0.39, 0.29) is 12.1 Å². The Morgan fingerprint density at radius 2 is 2.60 bits per heavy atom. The first-order valence-corrected chi connectivity index (χ1v) is 4.57. The maximum absolute atomic E-state index is 5.69. The van der Waals surface area contributed by atoms with Crippen LogP contribution >= 0.6 is 11.8 Å². The van der Waals surface area contributed by atoms with E-state index >= 15 is 0 Å². The lowest BCUT2D eigenvalue weighted by Gasteiger charge is -2.25. The predicted octanol–water partition coefficient (Wildman–Crippen LogP) is 0.632. The lowest BCUT2D eigenvalue weighted by Crippen LogP contribution is -2.39. The van der Waals surface area contributed by atoms with E-state index in [1.807, 2.05) is 11.8 Å². The summed E-state index contributed by atoms with van der Waals surface area (Å²) in [6, 6.07) is 0.00722. The Morgan fingerprint density at radius 3 is 3.10 bits per heavy atom. The van der Waals surface area contributed by atoms with Crippen molar-refractivity contribution in [1.29, 1.82) is 0 Å². The SMILES string of the molecule is C=CC(N)C1CSCCO1. The second-order valence-corrected chi connectivity index (χ2v) is 3.45. The smallest absolute Gasteiger partial charge is 0.0852 e. The van der Waals surface area contributed by atoms with Crippen LogP contribution in [0.25, 0.3) is 0 Å². The van der Waals surface area contributed by atoms with Gasteiger partial charge in [-0.2, -0.15) is 11.8 Å². The molecule has 1 rings (SSSR count). The van der Waals surface area contributed by atoms with E-state index in [1.54, 1.807) is 6.08 Å². The lowest BCUT2D eigenvalue weighted by atomic mass is 10.2.